The molecule has 22 heavy (non-hydrogen) atoms. The minimum absolute atomic E-state index is 0. The fraction of sp³-hybridized carbons (Fsp3) is 0.938. The molecule has 0 aromatic carbocycles. The maximum Gasteiger partial charge on any atom is 0.193 e. The summed E-state index contributed by atoms with van der Waals surface area (Å²) in [5, 5.41) is 3.54. The second kappa shape index (κ2) is 8.97. The lowest BCUT2D eigenvalue weighted by Crippen LogP contribution is -2.54. The van der Waals surface area contributed by atoms with Crippen molar-refractivity contribution in [2.24, 2.45) is 4.99 Å². The molecule has 3 fully saturated rings. The second-order valence-corrected chi connectivity index (χ2v) is 8.14. The first-order valence-electron chi connectivity index (χ1n) is 8.52. The zero-order valence-electron chi connectivity index (χ0n) is 13.7. The quantitative estimate of drug-likeness (QED) is 0.408. The highest BCUT2D eigenvalue weighted by atomic mass is 127. The molecule has 0 bridgehead atoms. The van der Waals surface area contributed by atoms with Crippen LogP contribution in [-0.2, 0) is 4.74 Å². The third-order valence-corrected chi connectivity index (χ3v) is 6.57. The minimum Gasteiger partial charge on any atom is -0.376 e. The summed E-state index contributed by atoms with van der Waals surface area (Å²) in [6.45, 7) is 4.12. The number of hydrogen-bond donors (Lipinski definition) is 1. The largest absolute Gasteiger partial charge is 0.376 e. The van der Waals surface area contributed by atoms with E-state index in [-0.39, 0.29) is 24.0 Å². The van der Waals surface area contributed by atoms with Crippen LogP contribution in [0, 0.1) is 0 Å². The van der Waals surface area contributed by atoms with E-state index in [4.69, 9.17) is 4.74 Å². The van der Waals surface area contributed by atoms with Gasteiger partial charge in [-0.05, 0) is 25.7 Å². The van der Waals surface area contributed by atoms with Crippen LogP contribution < -0.4 is 5.32 Å². The molecule has 0 aromatic rings. The van der Waals surface area contributed by atoms with Crippen molar-refractivity contribution in [3.05, 3.63) is 0 Å². The van der Waals surface area contributed by atoms with Gasteiger partial charge in [-0.1, -0.05) is 19.3 Å². The molecule has 2 heterocycles. The monoisotopic (exact) mass is 439 g/mol. The summed E-state index contributed by atoms with van der Waals surface area (Å²) in [6.07, 6.45) is 9.77. The Balaban J connectivity index is 0.00000176. The molecule has 6 heteroatoms. The van der Waals surface area contributed by atoms with Gasteiger partial charge in [0, 0.05) is 43.8 Å². The molecule has 2 aliphatic heterocycles. The Kier molecular flexibility index (Phi) is 7.60. The average Bonchev–Trinajstić information content (AvgIpc) is 3.02. The molecule has 0 amide bonds. The van der Waals surface area contributed by atoms with E-state index >= 15 is 0 Å². The summed E-state index contributed by atoms with van der Waals surface area (Å²) < 4.78 is 6.20. The van der Waals surface area contributed by atoms with Crippen LogP contribution in [0.3, 0.4) is 0 Å². The second-order valence-electron chi connectivity index (χ2n) is 6.58. The van der Waals surface area contributed by atoms with E-state index in [1.54, 1.807) is 0 Å². The van der Waals surface area contributed by atoms with Gasteiger partial charge in [-0.25, -0.2) is 0 Å². The first-order valence-corrected chi connectivity index (χ1v) is 9.51. The van der Waals surface area contributed by atoms with E-state index < -0.39 is 0 Å². The van der Waals surface area contributed by atoms with Gasteiger partial charge in [-0.15, -0.1) is 24.0 Å². The highest BCUT2D eigenvalue weighted by Crippen LogP contribution is 2.42. The molecule has 1 aliphatic carbocycles. The zero-order chi connectivity index (χ0) is 14.5. The van der Waals surface area contributed by atoms with Crippen molar-refractivity contribution < 1.29 is 4.74 Å². The first kappa shape index (κ1) is 18.6. The molecule has 128 valence electrons. The number of aliphatic imine (C=N–C) groups is 1. The number of thioether (sulfide) groups is 1. The van der Waals surface area contributed by atoms with Gasteiger partial charge >= 0.3 is 0 Å². The molecule has 2 saturated heterocycles. The van der Waals surface area contributed by atoms with Crippen molar-refractivity contribution in [1.82, 2.24) is 10.2 Å². The predicted octanol–water partition coefficient (Wildman–Crippen LogP) is 3.11. The summed E-state index contributed by atoms with van der Waals surface area (Å²) in [7, 11) is 1.91. The van der Waals surface area contributed by atoms with Crippen molar-refractivity contribution in [2.75, 3.05) is 39.0 Å². The van der Waals surface area contributed by atoms with E-state index in [0.29, 0.717) is 10.9 Å². The molecule has 0 aromatic heterocycles. The van der Waals surface area contributed by atoms with Crippen LogP contribution in [0.5, 0.6) is 0 Å². The third-order valence-electron chi connectivity index (χ3n) is 5.04. The van der Waals surface area contributed by atoms with Crippen molar-refractivity contribution in [3.63, 3.8) is 0 Å². The Bertz CT molecular complexity index is 363. The van der Waals surface area contributed by atoms with Gasteiger partial charge in [-0.3, -0.25) is 4.99 Å². The van der Waals surface area contributed by atoms with Crippen molar-refractivity contribution >= 4 is 41.7 Å². The molecular weight excluding hydrogens is 409 g/mol. The number of rotatable bonds is 2. The van der Waals surface area contributed by atoms with Crippen LogP contribution in [0.1, 0.15) is 44.9 Å². The van der Waals surface area contributed by atoms with Gasteiger partial charge < -0.3 is 15.0 Å². The zero-order valence-corrected chi connectivity index (χ0v) is 16.8. The highest BCUT2D eigenvalue weighted by molar-refractivity contribution is 14.0. The van der Waals surface area contributed by atoms with Crippen molar-refractivity contribution in [1.29, 1.82) is 0 Å². The van der Waals surface area contributed by atoms with Gasteiger partial charge in [0.15, 0.2) is 5.96 Å². The molecule has 4 nitrogen and oxygen atoms in total. The lowest BCUT2D eigenvalue weighted by Gasteiger charge is -2.45. The first-order chi connectivity index (χ1) is 10.3. The van der Waals surface area contributed by atoms with Crippen LogP contribution in [0.4, 0.5) is 0 Å². The number of nitrogens with zero attached hydrogens (tertiary/aromatic N) is 2. The predicted molar refractivity (Wildman–Crippen MR) is 106 cm³/mol. The van der Waals surface area contributed by atoms with Crippen LogP contribution in [0.25, 0.3) is 0 Å². The summed E-state index contributed by atoms with van der Waals surface area (Å²) in [5.41, 5.74) is 0. The van der Waals surface area contributed by atoms with E-state index in [2.05, 4.69) is 27.0 Å². The van der Waals surface area contributed by atoms with E-state index in [0.717, 1.165) is 25.7 Å². The lowest BCUT2D eigenvalue weighted by atomic mass is 9.87. The van der Waals surface area contributed by atoms with Gasteiger partial charge in [0.25, 0.3) is 0 Å². The molecular formula is C16H30IN3OS. The molecule has 3 rings (SSSR count). The smallest absolute Gasteiger partial charge is 0.193 e. The number of nitrogens with one attached hydrogen (secondary N) is 1. The summed E-state index contributed by atoms with van der Waals surface area (Å²) >= 11 is 2.21. The lowest BCUT2D eigenvalue weighted by molar-refractivity contribution is 0.113. The fourth-order valence-electron chi connectivity index (χ4n) is 3.87. The van der Waals surface area contributed by atoms with Crippen LogP contribution in [-0.4, -0.2) is 60.8 Å². The Morgan fingerprint density at radius 3 is 2.82 bits per heavy atom. The summed E-state index contributed by atoms with van der Waals surface area (Å²) in [4.78, 5) is 7.00. The molecule has 3 aliphatic rings. The van der Waals surface area contributed by atoms with Crippen molar-refractivity contribution in [3.8, 4) is 0 Å². The standard InChI is InChI=1S/C16H29N3OS.HI/c1-17-15(18-12-14-6-5-10-20-14)19-9-11-21-16(13-19)7-3-2-4-8-16;/h14H,2-13H2,1H3,(H,17,18);1H. The Labute approximate surface area is 156 Å². The molecule has 1 unspecified atom stereocenters. The Hall–Kier alpha value is 0.310. The molecule has 1 N–H and O–H groups in total. The van der Waals surface area contributed by atoms with Crippen LogP contribution in [0.2, 0.25) is 0 Å². The van der Waals surface area contributed by atoms with Crippen LogP contribution >= 0.6 is 35.7 Å². The number of hydrogen-bond acceptors (Lipinski definition) is 3. The average molecular weight is 439 g/mol. The number of guanidine groups is 1. The summed E-state index contributed by atoms with van der Waals surface area (Å²) in [5.74, 6) is 2.32. The summed E-state index contributed by atoms with van der Waals surface area (Å²) in [6, 6.07) is 0. The Morgan fingerprint density at radius 1 is 1.32 bits per heavy atom. The van der Waals surface area contributed by atoms with E-state index in [1.165, 1.54) is 57.2 Å². The van der Waals surface area contributed by atoms with Crippen LogP contribution in [0.15, 0.2) is 4.99 Å². The van der Waals surface area contributed by atoms with Gasteiger partial charge in [-0.2, -0.15) is 11.8 Å². The SMILES string of the molecule is CN=C(NCC1CCCO1)N1CCSC2(CCCCC2)C1.I. The van der Waals surface area contributed by atoms with Gasteiger partial charge in [0.2, 0.25) is 0 Å². The van der Waals surface area contributed by atoms with Gasteiger partial charge in [0.1, 0.15) is 0 Å². The number of ether oxygens (including phenoxy) is 1. The molecule has 1 spiro atoms. The maximum absolute atomic E-state index is 5.70. The maximum atomic E-state index is 5.70. The minimum atomic E-state index is 0. The normalized spacial score (nSPS) is 28.5. The van der Waals surface area contributed by atoms with E-state index in [1.807, 2.05) is 7.05 Å². The Morgan fingerprint density at radius 2 is 2.14 bits per heavy atom. The fourth-order valence-corrected chi connectivity index (χ4v) is 5.44. The van der Waals surface area contributed by atoms with Gasteiger partial charge in [0.05, 0.1) is 6.10 Å². The van der Waals surface area contributed by atoms with E-state index in [9.17, 15) is 0 Å². The van der Waals surface area contributed by atoms with Crippen molar-refractivity contribution in [2.45, 2.75) is 55.8 Å². The molecule has 1 saturated carbocycles. The topological polar surface area (TPSA) is 36.9 Å². The molecule has 0 radical (unpaired) electrons. The third kappa shape index (κ3) is 4.66. The highest BCUT2D eigenvalue weighted by Gasteiger charge is 2.38. The number of halogens is 1. The molecule has 1 atom stereocenters.